The van der Waals surface area contributed by atoms with Crippen LogP contribution in [0.5, 0.6) is 5.75 Å². The first-order valence-electron chi connectivity index (χ1n) is 11.4. The molecule has 0 bridgehead atoms. The summed E-state index contributed by atoms with van der Waals surface area (Å²) in [4.78, 5) is 33.6. The molecule has 1 aliphatic heterocycles. The molecule has 0 unspecified atom stereocenters. The van der Waals surface area contributed by atoms with Crippen LogP contribution in [0.25, 0.3) is 11.3 Å². The van der Waals surface area contributed by atoms with Crippen molar-refractivity contribution in [1.82, 2.24) is 14.9 Å². The lowest BCUT2D eigenvalue weighted by atomic mass is 9.99. The van der Waals surface area contributed by atoms with E-state index in [0.29, 0.717) is 22.8 Å². The Morgan fingerprint density at radius 3 is 2.69 bits per heavy atom. The monoisotopic (exact) mass is 470 g/mol. The number of hydrogen-bond acceptors (Lipinski definition) is 7. The number of carbonyl (C=O) groups is 1. The molecule has 1 amide bonds. The van der Waals surface area contributed by atoms with Crippen molar-refractivity contribution < 1.29 is 9.53 Å². The molecule has 35 heavy (non-hydrogen) atoms. The van der Waals surface area contributed by atoms with E-state index in [-0.39, 0.29) is 29.7 Å². The van der Waals surface area contributed by atoms with Crippen LogP contribution in [-0.2, 0) is 4.79 Å². The lowest BCUT2D eigenvalue weighted by Crippen LogP contribution is -2.40. The molecule has 0 radical (unpaired) electrons. The Morgan fingerprint density at radius 2 is 1.94 bits per heavy atom. The third-order valence-corrected chi connectivity index (χ3v) is 5.86. The molecule has 3 aromatic rings. The third kappa shape index (κ3) is 5.92. The molecule has 178 valence electrons. The lowest BCUT2D eigenvalue weighted by Gasteiger charge is -2.30. The summed E-state index contributed by atoms with van der Waals surface area (Å²) in [6.45, 7) is 3.68. The van der Waals surface area contributed by atoms with E-state index in [0.717, 1.165) is 25.9 Å². The van der Waals surface area contributed by atoms with E-state index < -0.39 is 5.56 Å². The zero-order valence-corrected chi connectivity index (χ0v) is 19.4. The van der Waals surface area contributed by atoms with E-state index in [1.807, 2.05) is 29.2 Å². The lowest BCUT2D eigenvalue weighted by molar-refractivity contribution is -0.134. The summed E-state index contributed by atoms with van der Waals surface area (Å²) in [6, 6.07) is 18.1. The van der Waals surface area contributed by atoms with Crippen LogP contribution in [0.3, 0.4) is 0 Å². The van der Waals surface area contributed by atoms with Gasteiger partial charge in [0.1, 0.15) is 17.4 Å². The number of hydrazone groups is 1. The predicted octanol–water partition coefficient (Wildman–Crippen LogP) is 3.39. The van der Waals surface area contributed by atoms with Gasteiger partial charge in [-0.1, -0.05) is 49.4 Å². The fraction of sp³-hybridized carbons (Fsp3) is 0.269. The first kappa shape index (κ1) is 23.7. The van der Waals surface area contributed by atoms with Crippen molar-refractivity contribution in [3.8, 4) is 23.1 Å². The van der Waals surface area contributed by atoms with Crippen molar-refractivity contribution in [2.45, 2.75) is 19.8 Å². The second kappa shape index (κ2) is 11.1. The normalized spacial score (nSPS) is 14.0. The first-order valence-corrected chi connectivity index (χ1v) is 11.4. The Labute approximate surface area is 203 Å². The summed E-state index contributed by atoms with van der Waals surface area (Å²) < 4.78 is 5.79. The number of H-pyrrole nitrogens is 1. The van der Waals surface area contributed by atoms with Gasteiger partial charge in [0.05, 0.1) is 11.9 Å². The predicted molar refractivity (Wildman–Crippen MR) is 133 cm³/mol. The van der Waals surface area contributed by atoms with Crippen molar-refractivity contribution in [1.29, 1.82) is 5.26 Å². The zero-order chi connectivity index (χ0) is 24.6. The number of benzene rings is 2. The largest absolute Gasteiger partial charge is 0.483 e. The van der Waals surface area contributed by atoms with E-state index in [4.69, 9.17) is 4.74 Å². The van der Waals surface area contributed by atoms with E-state index in [9.17, 15) is 14.9 Å². The maximum atomic E-state index is 12.5. The van der Waals surface area contributed by atoms with Crippen LogP contribution in [0.1, 0.15) is 30.9 Å². The molecule has 0 saturated carbocycles. The molecular weight excluding hydrogens is 444 g/mol. The Hall–Kier alpha value is -4.45. The molecule has 0 aliphatic carbocycles. The quantitative estimate of drug-likeness (QED) is 0.403. The van der Waals surface area contributed by atoms with Crippen molar-refractivity contribution in [2.75, 3.05) is 25.1 Å². The molecule has 1 saturated heterocycles. The Balaban J connectivity index is 1.45. The van der Waals surface area contributed by atoms with Crippen molar-refractivity contribution in [2.24, 2.45) is 11.0 Å². The number of rotatable bonds is 7. The van der Waals surface area contributed by atoms with Crippen molar-refractivity contribution >= 4 is 18.1 Å². The molecule has 1 aliphatic rings. The fourth-order valence-corrected chi connectivity index (χ4v) is 3.81. The summed E-state index contributed by atoms with van der Waals surface area (Å²) in [5, 5.41) is 13.6. The van der Waals surface area contributed by atoms with Crippen LogP contribution in [0.15, 0.2) is 64.5 Å². The second-order valence-electron chi connectivity index (χ2n) is 8.38. The standard InChI is InChI=1S/C26H26N6O3/c1-18-11-13-32(14-12-18)23(33)17-35-22-10-6-5-9-20(22)16-28-31-26-29-24(19-7-3-2-4-8-19)21(15-27)25(34)30-26/h2-10,16,18H,11-14,17H2,1H3,(H2,29,30,31,34). The van der Waals surface area contributed by atoms with Gasteiger partial charge in [-0.05, 0) is 30.9 Å². The highest BCUT2D eigenvalue weighted by Gasteiger charge is 2.20. The number of piperidine rings is 1. The molecule has 2 N–H and O–H groups in total. The highest BCUT2D eigenvalue weighted by atomic mass is 16.5. The highest BCUT2D eigenvalue weighted by Crippen LogP contribution is 2.20. The number of anilines is 1. The number of nitrogens with one attached hydrogen (secondary N) is 2. The smallest absolute Gasteiger partial charge is 0.270 e. The molecule has 9 heteroatoms. The van der Waals surface area contributed by atoms with Crippen LogP contribution in [0.4, 0.5) is 5.95 Å². The van der Waals surface area contributed by atoms with E-state index in [2.05, 4.69) is 27.4 Å². The van der Waals surface area contributed by atoms with Gasteiger partial charge >= 0.3 is 0 Å². The van der Waals surface area contributed by atoms with E-state index in [1.165, 1.54) is 6.21 Å². The maximum absolute atomic E-state index is 12.5. The Kier molecular flexibility index (Phi) is 7.53. The van der Waals surface area contributed by atoms with Gasteiger partial charge in [0.2, 0.25) is 5.95 Å². The number of likely N-dealkylation sites (tertiary alicyclic amines) is 1. The van der Waals surface area contributed by atoms with Gasteiger partial charge in [-0.3, -0.25) is 14.6 Å². The van der Waals surface area contributed by atoms with Gasteiger partial charge in [-0.15, -0.1) is 0 Å². The Morgan fingerprint density at radius 1 is 1.23 bits per heavy atom. The van der Waals surface area contributed by atoms with Crippen molar-refractivity contribution in [3.05, 3.63) is 76.1 Å². The van der Waals surface area contributed by atoms with E-state index >= 15 is 0 Å². The first-order chi connectivity index (χ1) is 17.0. The summed E-state index contributed by atoms with van der Waals surface area (Å²) in [6.07, 6.45) is 3.54. The molecule has 0 spiro atoms. The van der Waals surface area contributed by atoms with Gasteiger partial charge in [-0.2, -0.15) is 10.4 Å². The minimum absolute atomic E-state index is 0.0328. The summed E-state index contributed by atoms with van der Waals surface area (Å²) in [5.74, 6) is 1.23. The second-order valence-corrected chi connectivity index (χ2v) is 8.38. The maximum Gasteiger partial charge on any atom is 0.270 e. The van der Waals surface area contributed by atoms with Gasteiger partial charge in [0, 0.05) is 24.2 Å². The van der Waals surface area contributed by atoms with Crippen LogP contribution >= 0.6 is 0 Å². The topological polar surface area (TPSA) is 123 Å². The number of ether oxygens (including phenoxy) is 1. The molecule has 9 nitrogen and oxygen atoms in total. The third-order valence-electron chi connectivity index (χ3n) is 5.86. The number of aromatic amines is 1. The average Bonchev–Trinajstić information content (AvgIpc) is 2.88. The molecule has 0 atom stereocenters. The minimum atomic E-state index is -0.562. The number of amides is 1. The number of nitrogens with zero attached hydrogens (tertiary/aromatic N) is 4. The molecule has 1 aromatic heterocycles. The number of carbonyl (C=O) groups excluding carboxylic acids is 1. The fourth-order valence-electron chi connectivity index (χ4n) is 3.81. The molecular formula is C26H26N6O3. The zero-order valence-electron chi connectivity index (χ0n) is 19.4. The van der Waals surface area contributed by atoms with Gasteiger partial charge < -0.3 is 9.64 Å². The van der Waals surface area contributed by atoms with Crippen molar-refractivity contribution in [3.63, 3.8) is 0 Å². The molecule has 2 aromatic carbocycles. The summed E-state index contributed by atoms with van der Waals surface area (Å²) in [5.41, 5.74) is 3.64. The van der Waals surface area contributed by atoms with Gasteiger partial charge in [-0.25, -0.2) is 10.4 Å². The number of para-hydroxylation sites is 1. The highest BCUT2D eigenvalue weighted by molar-refractivity contribution is 5.84. The molecule has 4 rings (SSSR count). The number of hydrogen-bond donors (Lipinski definition) is 2. The van der Waals surface area contributed by atoms with Crippen LogP contribution in [0.2, 0.25) is 0 Å². The molecule has 2 heterocycles. The van der Waals surface area contributed by atoms with Crippen LogP contribution in [-0.4, -0.2) is 46.7 Å². The van der Waals surface area contributed by atoms with Gasteiger partial charge in [0.25, 0.3) is 11.5 Å². The van der Waals surface area contributed by atoms with Crippen LogP contribution < -0.4 is 15.7 Å². The molecule has 1 fully saturated rings. The summed E-state index contributed by atoms with van der Waals surface area (Å²) >= 11 is 0. The van der Waals surface area contributed by atoms with Gasteiger partial charge in [0.15, 0.2) is 6.61 Å². The number of aromatic nitrogens is 2. The minimum Gasteiger partial charge on any atom is -0.483 e. The Bertz CT molecular complexity index is 1300. The average molecular weight is 471 g/mol. The number of nitriles is 1. The van der Waals surface area contributed by atoms with Crippen LogP contribution in [0, 0.1) is 17.2 Å². The van der Waals surface area contributed by atoms with E-state index in [1.54, 1.807) is 36.4 Å². The SMILES string of the molecule is CC1CCN(C(=O)COc2ccccc2C=NNc2nc(-c3ccccc3)c(C#N)c(=O)[nH]2)CC1. The summed E-state index contributed by atoms with van der Waals surface area (Å²) in [7, 11) is 0.